The second-order valence-electron chi connectivity index (χ2n) is 9.08. The number of fused-ring (bicyclic) bond motifs is 1. The number of ether oxygens (including phenoxy) is 4. The van der Waals surface area contributed by atoms with Crippen molar-refractivity contribution in [1.82, 2.24) is 4.90 Å². The Labute approximate surface area is 229 Å². The number of esters is 1. The molecule has 0 amide bonds. The molecule has 1 atom stereocenters. The molecule has 0 aromatic heterocycles. The topological polar surface area (TPSA) is 69.3 Å². The third-order valence-corrected chi connectivity index (χ3v) is 7.26. The Morgan fingerprint density at radius 2 is 1.76 bits per heavy atom. The number of methoxy groups -OCH3 is 3. The van der Waals surface area contributed by atoms with E-state index in [9.17, 15) is 4.79 Å². The van der Waals surface area contributed by atoms with Gasteiger partial charge in [0.05, 0.1) is 32.9 Å². The highest BCUT2D eigenvalue weighted by Crippen LogP contribution is 2.39. The number of anilines is 1. The summed E-state index contributed by atoms with van der Waals surface area (Å²) in [4.78, 5) is 14.0. The first kappa shape index (κ1) is 27.3. The number of hydrogen-bond donors (Lipinski definition) is 1. The van der Waals surface area contributed by atoms with E-state index in [1.54, 1.807) is 38.5 Å². The van der Waals surface area contributed by atoms with Crippen LogP contribution in [0.1, 0.15) is 45.6 Å². The molecule has 3 aromatic rings. The van der Waals surface area contributed by atoms with Crippen LogP contribution in [0.25, 0.3) is 0 Å². The number of carbonyl (C=O) groups excluding carboxylic acids is 1. The summed E-state index contributed by atoms with van der Waals surface area (Å²) in [5, 5.41) is 4.17. The van der Waals surface area contributed by atoms with Gasteiger partial charge in [-0.25, -0.2) is 4.79 Å². The molecule has 0 aliphatic carbocycles. The van der Waals surface area contributed by atoms with Gasteiger partial charge in [-0.05, 0) is 90.6 Å². The monoisotopic (exact) mass is 534 g/mol. The number of benzene rings is 3. The lowest BCUT2D eigenvalue weighted by Gasteiger charge is -2.39. The molecule has 0 saturated carbocycles. The van der Waals surface area contributed by atoms with Crippen LogP contribution < -0.4 is 19.5 Å². The van der Waals surface area contributed by atoms with Crippen molar-refractivity contribution in [3.8, 4) is 17.2 Å². The van der Waals surface area contributed by atoms with Crippen molar-refractivity contribution in [2.24, 2.45) is 0 Å². The van der Waals surface area contributed by atoms with Crippen molar-refractivity contribution in [3.05, 3.63) is 82.4 Å². The predicted molar refractivity (Wildman–Crippen MR) is 153 cm³/mol. The summed E-state index contributed by atoms with van der Waals surface area (Å²) in [5.74, 6) is 1.62. The first-order valence-electron chi connectivity index (χ1n) is 12.6. The van der Waals surface area contributed by atoms with Crippen molar-refractivity contribution in [3.63, 3.8) is 0 Å². The van der Waals surface area contributed by atoms with Crippen LogP contribution in [0.2, 0.25) is 0 Å². The first-order valence-corrected chi connectivity index (χ1v) is 13.0. The van der Waals surface area contributed by atoms with E-state index in [4.69, 9.17) is 31.2 Å². The molecule has 1 heterocycles. The average Bonchev–Trinajstić information content (AvgIpc) is 2.95. The summed E-state index contributed by atoms with van der Waals surface area (Å²) in [5.41, 5.74) is 6.13. The van der Waals surface area contributed by atoms with Gasteiger partial charge in [-0.15, -0.1) is 0 Å². The van der Waals surface area contributed by atoms with E-state index in [1.165, 1.54) is 18.2 Å². The minimum absolute atomic E-state index is 0.173. The molecular formula is C30H34N2O5S. The fraction of sp³-hybridized carbons (Fsp3) is 0.333. The van der Waals surface area contributed by atoms with Gasteiger partial charge in [0, 0.05) is 12.2 Å². The van der Waals surface area contributed by atoms with Gasteiger partial charge in [0.25, 0.3) is 0 Å². The van der Waals surface area contributed by atoms with Crippen LogP contribution in [0.3, 0.4) is 0 Å². The first-order chi connectivity index (χ1) is 18.4. The quantitative estimate of drug-likeness (QED) is 0.290. The third-order valence-electron chi connectivity index (χ3n) is 6.92. The van der Waals surface area contributed by atoms with E-state index in [2.05, 4.69) is 42.3 Å². The number of para-hydroxylation sites is 1. The predicted octanol–water partition coefficient (Wildman–Crippen LogP) is 5.74. The highest BCUT2D eigenvalue weighted by atomic mass is 32.1. The summed E-state index contributed by atoms with van der Waals surface area (Å²) in [6.07, 6.45) is 1.71. The second kappa shape index (κ2) is 12.2. The minimum Gasteiger partial charge on any atom is -0.493 e. The molecule has 0 fully saturated rings. The summed E-state index contributed by atoms with van der Waals surface area (Å²) in [7, 11) is 4.64. The maximum absolute atomic E-state index is 11.8. The zero-order chi connectivity index (χ0) is 27.2. The highest BCUT2D eigenvalue weighted by molar-refractivity contribution is 7.80. The van der Waals surface area contributed by atoms with Gasteiger partial charge in [0.15, 0.2) is 16.6 Å². The molecule has 0 radical (unpaired) electrons. The zero-order valence-electron chi connectivity index (χ0n) is 22.5. The normalized spacial score (nSPS) is 14.3. The molecule has 38 heavy (non-hydrogen) atoms. The van der Waals surface area contributed by atoms with Crippen LogP contribution in [-0.4, -0.2) is 50.5 Å². The molecule has 3 aromatic carbocycles. The average molecular weight is 535 g/mol. The fourth-order valence-corrected chi connectivity index (χ4v) is 5.13. The zero-order valence-corrected chi connectivity index (χ0v) is 23.3. The Kier molecular flexibility index (Phi) is 8.73. The van der Waals surface area contributed by atoms with E-state index in [1.807, 2.05) is 12.1 Å². The molecule has 1 aliphatic rings. The number of carbonyl (C=O) groups is 1. The molecule has 0 saturated heterocycles. The van der Waals surface area contributed by atoms with E-state index >= 15 is 0 Å². The number of thiocarbonyl (C=S) groups is 1. The maximum atomic E-state index is 11.8. The maximum Gasteiger partial charge on any atom is 0.337 e. The lowest BCUT2D eigenvalue weighted by molar-refractivity contribution is 0.0600. The van der Waals surface area contributed by atoms with Crippen LogP contribution in [0, 0.1) is 6.92 Å². The van der Waals surface area contributed by atoms with Crippen LogP contribution in [0.4, 0.5) is 5.69 Å². The van der Waals surface area contributed by atoms with E-state index < -0.39 is 0 Å². The van der Waals surface area contributed by atoms with E-state index in [0.29, 0.717) is 34.5 Å². The molecule has 1 N–H and O–H groups in total. The van der Waals surface area contributed by atoms with E-state index in [-0.39, 0.29) is 12.0 Å². The Morgan fingerprint density at radius 3 is 2.42 bits per heavy atom. The fourth-order valence-electron chi connectivity index (χ4n) is 4.81. The lowest BCUT2D eigenvalue weighted by atomic mass is 9.92. The summed E-state index contributed by atoms with van der Waals surface area (Å²) in [6, 6.07) is 17.1. The number of hydrogen-bond acceptors (Lipinski definition) is 6. The molecule has 1 aliphatic heterocycles. The summed E-state index contributed by atoms with van der Waals surface area (Å²) in [6.45, 7) is 5.29. The van der Waals surface area contributed by atoms with Crippen LogP contribution in [0.15, 0.2) is 54.6 Å². The summed E-state index contributed by atoms with van der Waals surface area (Å²) >= 11 is 5.98. The van der Waals surface area contributed by atoms with Gasteiger partial charge in [0.2, 0.25) is 0 Å². The van der Waals surface area contributed by atoms with Gasteiger partial charge >= 0.3 is 5.97 Å². The third kappa shape index (κ3) is 5.70. The van der Waals surface area contributed by atoms with Crippen molar-refractivity contribution >= 4 is 29.0 Å². The smallest absolute Gasteiger partial charge is 0.337 e. The minimum atomic E-state index is -0.385. The van der Waals surface area contributed by atoms with Gasteiger partial charge in [-0.3, -0.25) is 0 Å². The Hall–Kier alpha value is -3.78. The highest BCUT2D eigenvalue weighted by Gasteiger charge is 2.32. The van der Waals surface area contributed by atoms with Crippen LogP contribution in [-0.2, 0) is 17.6 Å². The van der Waals surface area contributed by atoms with Crippen LogP contribution >= 0.6 is 12.2 Å². The molecule has 0 spiro atoms. The molecule has 200 valence electrons. The molecule has 0 bridgehead atoms. The van der Waals surface area contributed by atoms with Crippen molar-refractivity contribution < 1.29 is 23.7 Å². The van der Waals surface area contributed by atoms with Gasteiger partial charge < -0.3 is 29.2 Å². The van der Waals surface area contributed by atoms with Gasteiger partial charge in [-0.2, -0.15) is 0 Å². The SMILES string of the molecule is CCc1cccc(C)c1NC(=S)N1CCc2cc(OC)c(OC)cc2C1COc1ccc(C(=O)OC)cc1. The second-order valence-corrected chi connectivity index (χ2v) is 9.47. The van der Waals surface area contributed by atoms with Gasteiger partial charge in [-0.1, -0.05) is 25.1 Å². The van der Waals surface area contributed by atoms with Gasteiger partial charge in [0.1, 0.15) is 12.4 Å². The molecule has 8 heteroatoms. The number of rotatable bonds is 8. The Bertz CT molecular complexity index is 1310. The number of nitrogens with one attached hydrogen (secondary N) is 1. The lowest BCUT2D eigenvalue weighted by Crippen LogP contribution is -2.44. The molecule has 7 nitrogen and oxygen atoms in total. The molecular weight excluding hydrogens is 500 g/mol. The Morgan fingerprint density at radius 1 is 1.05 bits per heavy atom. The van der Waals surface area contributed by atoms with Crippen molar-refractivity contribution in [2.75, 3.05) is 39.8 Å². The summed E-state index contributed by atoms with van der Waals surface area (Å²) < 4.78 is 22.2. The van der Waals surface area contributed by atoms with Crippen molar-refractivity contribution in [2.45, 2.75) is 32.7 Å². The Balaban J connectivity index is 1.65. The van der Waals surface area contributed by atoms with Crippen molar-refractivity contribution in [1.29, 1.82) is 0 Å². The standard InChI is InChI=1S/C30H34N2O5S/c1-6-20-9-7-8-19(2)28(20)31-30(38)32-15-14-22-16-26(34-3)27(35-4)17-24(22)25(32)18-37-23-12-10-21(11-13-23)29(33)36-5/h7-13,16-17,25H,6,14-15,18H2,1-5H3,(H,31,38). The van der Waals surface area contributed by atoms with E-state index in [0.717, 1.165) is 36.2 Å². The number of nitrogens with zero attached hydrogens (tertiary/aromatic N) is 1. The largest absolute Gasteiger partial charge is 0.493 e. The molecule has 4 rings (SSSR count). The van der Waals surface area contributed by atoms with Crippen LogP contribution in [0.5, 0.6) is 17.2 Å². The number of aryl methyl sites for hydroxylation is 2. The molecule has 1 unspecified atom stereocenters.